The van der Waals surface area contributed by atoms with Gasteiger partial charge < -0.3 is 9.47 Å². The third-order valence-corrected chi connectivity index (χ3v) is 36.2. The molecule has 2 saturated heterocycles. The minimum atomic E-state index is -4.47. The van der Waals surface area contributed by atoms with Gasteiger partial charge in [-0.15, -0.1) is 0 Å². The number of methoxy groups -OCH3 is 1. The van der Waals surface area contributed by atoms with E-state index in [2.05, 4.69) is 262 Å². The lowest BCUT2D eigenvalue weighted by Crippen LogP contribution is -2.18. The van der Waals surface area contributed by atoms with Crippen LogP contribution in [0.4, 0.5) is 13.2 Å². The zero-order chi connectivity index (χ0) is 82.4. The fourth-order valence-corrected chi connectivity index (χ4v) is 30.3. The van der Waals surface area contributed by atoms with Crippen LogP contribution in [0.5, 0.6) is 11.5 Å². The van der Waals surface area contributed by atoms with E-state index in [1.807, 2.05) is 56.3 Å². The van der Waals surface area contributed by atoms with Crippen LogP contribution in [0.1, 0.15) is 150 Å². The van der Waals surface area contributed by atoms with Gasteiger partial charge in [0.25, 0.3) is 0 Å². The van der Waals surface area contributed by atoms with Gasteiger partial charge in [-0.2, -0.15) is 13.2 Å². The molecule has 0 saturated carbocycles. The Morgan fingerprint density at radius 1 is 0.359 bits per heavy atom. The largest absolute Gasteiger partial charge is 0.496 e. The van der Waals surface area contributed by atoms with Gasteiger partial charge in [-0.25, -0.2) is 0 Å². The molecule has 2 aromatic heterocycles. The monoisotopic (exact) mass is 1670 g/mol. The number of benzene rings is 12. The normalized spacial score (nSPS) is 15.2. The van der Waals surface area contributed by atoms with Crippen molar-refractivity contribution in [3.63, 3.8) is 0 Å². The smallest absolute Gasteiger partial charge is 0.416 e. The fraction of sp³-hybridized carbons (Fsp3) is 0.305. The summed E-state index contributed by atoms with van der Waals surface area (Å²) in [5.41, 5.74) is 8.69. The van der Waals surface area contributed by atoms with Crippen LogP contribution in [-0.4, -0.2) is 48.2 Å². The number of hydrogen-bond acceptors (Lipinski definition) is 3. The van der Waals surface area contributed by atoms with Crippen LogP contribution in [0.15, 0.2) is 313 Å². The summed E-state index contributed by atoms with van der Waals surface area (Å²) in [6.07, 6.45) is 11.5. The van der Waals surface area contributed by atoms with Gasteiger partial charge >= 0.3 is 6.18 Å². The molecule has 0 spiro atoms. The van der Waals surface area contributed by atoms with Crippen LogP contribution >= 0.6 is 20.9 Å². The van der Waals surface area contributed by atoms with E-state index in [1.54, 1.807) is 50.0 Å². The van der Waals surface area contributed by atoms with Crippen molar-refractivity contribution in [1.82, 2.24) is 0 Å². The second-order valence-electron chi connectivity index (χ2n) is 31.1. The number of aryl methyl sites for hydroxylation is 6. The van der Waals surface area contributed by atoms with Crippen molar-refractivity contribution >= 4 is 105 Å². The van der Waals surface area contributed by atoms with E-state index in [-0.39, 0.29) is 26.7 Å². The number of unbranched alkanes of at least 4 members (excludes halogenated alkanes) is 3. The average Bonchev–Trinajstić information content (AvgIpc) is 1.48. The molecule has 606 valence electrons. The summed E-state index contributed by atoms with van der Waals surface area (Å²) in [6.45, 7) is 22.6. The molecular weight excluding hydrogens is 1560 g/mol. The molecule has 3 unspecified atom stereocenters. The molecule has 117 heavy (non-hydrogen) atoms. The topological polar surface area (TPSA) is 35.5 Å². The van der Waals surface area contributed by atoms with Crippen LogP contribution in [-0.2, 0) is 68.0 Å². The second kappa shape index (κ2) is 42.5. The Hall–Kier alpha value is -8.46. The van der Waals surface area contributed by atoms with Gasteiger partial charge in [-0.1, -0.05) is 200 Å². The number of rotatable bonds is 13. The first-order valence-electron chi connectivity index (χ1n) is 42.0. The van der Waals surface area contributed by atoms with Crippen LogP contribution < -0.4 is 14.9 Å². The van der Waals surface area contributed by atoms with Crippen LogP contribution in [0.3, 0.4) is 0 Å². The summed E-state index contributed by atoms with van der Waals surface area (Å²) in [7, 11) is 2.86. The number of hydrogen-bond donors (Lipinski definition) is 0. The number of halogens is 3. The predicted molar refractivity (Wildman–Crippen MR) is 509 cm³/mol. The number of alkyl halides is 3. The van der Waals surface area contributed by atoms with Gasteiger partial charge in [-0.05, 0) is 233 Å². The number of ether oxygens (including phenoxy) is 2. The molecule has 0 radical (unpaired) electrons. The Bertz CT molecular complexity index is 5480. The van der Waals surface area contributed by atoms with Crippen molar-refractivity contribution < 1.29 is 22.6 Å². The van der Waals surface area contributed by atoms with Crippen molar-refractivity contribution in [2.75, 3.05) is 48.2 Å². The third kappa shape index (κ3) is 22.2. The van der Waals surface area contributed by atoms with E-state index in [0.717, 1.165) is 46.3 Å². The highest BCUT2D eigenvalue weighted by molar-refractivity contribution is 7.98. The maximum Gasteiger partial charge on any atom is 0.416 e. The molecule has 6 heterocycles. The van der Waals surface area contributed by atoms with Gasteiger partial charge in [-0.3, -0.25) is 4.79 Å². The molecule has 12 heteroatoms. The second-order valence-corrected chi connectivity index (χ2v) is 43.7. The summed E-state index contributed by atoms with van der Waals surface area (Å²) < 4.78 is 55.2. The summed E-state index contributed by atoms with van der Waals surface area (Å²) in [5, 5.41) is 3.38. The lowest BCUT2D eigenvalue weighted by Gasteiger charge is -2.18. The molecule has 4 aliphatic heterocycles. The quantitative estimate of drug-likeness (QED) is 0.0656. The maximum atomic E-state index is 13.1. The minimum absolute atomic E-state index is 0.0350. The summed E-state index contributed by atoms with van der Waals surface area (Å²) in [5.74, 6) is 10.4. The summed E-state index contributed by atoms with van der Waals surface area (Å²) in [6, 6.07) is 96.3. The summed E-state index contributed by atoms with van der Waals surface area (Å²) >= 11 is 0. The fourth-order valence-electron chi connectivity index (χ4n) is 15.9. The standard InChI is InChI=1S/C26H29OS.C20H12F3OS.C18H21S.C14H21OS.C14H13S.C11H15S.C2H6/c1-4-5-6-11-16-27-26-19(2)17-21(18-20(26)3)28-24-14-9-7-12-22(24)23-13-8-10-15-25(23)28;21-20(22,23)13-10-11-18-16(12-13)19(24)15-8-4-5-9-17(15)25(18)14-6-2-1-3-7-14;1-18(2,3)15-8-10-16(11-9-15)19-13-12-14-6-4-5-7-17(14)19;1-11-9-13(10-12(2)14(11)15-3)16-7-5-4-6-8-16;1-2-7-13(8-3-1)15-11-10-12-6-4-5-9-14(12)15;1-3-7-11(8-4-1)12-9-5-2-6-10-12;1-2/h7-10,12-15,17-18H,4-6,11,16H2,1-3H3;1-12H;4-11H,12-13H2,1-3H3;9-10H,4-8H2,1-3H3;1-9H,10-11H2;1,3-4,7-8H,2,5-6,9-10H2;1-2H3/q6*+1;. The molecule has 0 amide bonds. The van der Waals surface area contributed by atoms with E-state index in [0.29, 0.717) is 53.7 Å². The van der Waals surface area contributed by atoms with E-state index in [1.165, 1.54) is 174 Å². The molecule has 2 fully saturated rings. The lowest BCUT2D eigenvalue weighted by atomic mass is 9.87. The Labute approximate surface area is 712 Å². The van der Waals surface area contributed by atoms with Crippen LogP contribution in [0, 0.1) is 27.7 Å². The van der Waals surface area contributed by atoms with Crippen molar-refractivity contribution in [2.24, 2.45) is 0 Å². The summed E-state index contributed by atoms with van der Waals surface area (Å²) in [4.78, 5) is 24.4. The highest BCUT2D eigenvalue weighted by Crippen LogP contribution is 2.50. The maximum absolute atomic E-state index is 13.1. The minimum Gasteiger partial charge on any atom is -0.496 e. The zero-order valence-electron chi connectivity index (χ0n) is 70.3. The molecule has 12 aromatic carbocycles. The molecule has 4 aliphatic rings. The molecule has 0 bridgehead atoms. The van der Waals surface area contributed by atoms with Gasteiger partial charge in [0.1, 0.15) is 46.0 Å². The Kier molecular flexibility index (Phi) is 31.9. The van der Waals surface area contributed by atoms with Crippen molar-refractivity contribution in [2.45, 2.75) is 187 Å². The van der Waals surface area contributed by atoms with E-state index >= 15 is 0 Å². The molecule has 3 atom stereocenters. The van der Waals surface area contributed by atoms with E-state index in [9.17, 15) is 18.0 Å². The van der Waals surface area contributed by atoms with Gasteiger partial charge in [0.05, 0.1) is 51.8 Å². The highest BCUT2D eigenvalue weighted by atomic mass is 32.2. The van der Waals surface area contributed by atoms with Gasteiger partial charge in [0.2, 0.25) is 5.43 Å². The molecule has 0 N–H and O–H groups in total. The van der Waals surface area contributed by atoms with Crippen LogP contribution in [0.25, 0.3) is 50.1 Å². The zero-order valence-corrected chi connectivity index (χ0v) is 75.2. The Balaban J connectivity index is 0.000000131. The number of fused-ring (bicyclic) bond motifs is 7. The molecule has 3 nitrogen and oxygen atoms in total. The van der Waals surface area contributed by atoms with Gasteiger partial charge in [0, 0.05) is 89.6 Å². The predicted octanol–water partition coefficient (Wildman–Crippen LogP) is 29.6. The molecule has 18 rings (SSSR count). The van der Waals surface area contributed by atoms with Crippen molar-refractivity contribution in [3.05, 3.63) is 334 Å². The van der Waals surface area contributed by atoms with Gasteiger partial charge in [0.15, 0.2) is 58.0 Å². The number of thiophene rings is 1. The van der Waals surface area contributed by atoms with E-state index in [4.69, 9.17) is 9.47 Å². The van der Waals surface area contributed by atoms with Crippen molar-refractivity contribution in [3.8, 4) is 21.3 Å². The Morgan fingerprint density at radius 2 is 0.752 bits per heavy atom. The first-order valence-corrected chi connectivity index (χ1v) is 50.3. The first kappa shape index (κ1) is 87.8. The Morgan fingerprint density at radius 3 is 1.24 bits per heavy atom. The molecule has 14 aromatic rings. The highest BCUT2D eigenvalue weighted by Gasteiger charge is 2.37. The SMILES string of the molecule is CC.CC(C)(C)c1ccc([S+]2CCc3ccccc32)cc1.CCCCCCOc1c(C)cc(-[s+]2c3ccccc3c3ccccc32)cc1C.COc1c(C)cc([S+]2CCCCC2)cc1C.O=c1c2ccccc2[s+](-c2ccccc2)c2ccc(C(F)(F)F)cc12.c1ccc([S+]2CCCCC2)cc1.c1ccc([S+]2CCc3ccccc32)cc1. The first-order chi connectivity index (χ1) is 56.9. The van der Waals surface area contributed by atoms with Crippen molar-refractivity contribution in [1.29, 1.82) is 0 Å². The van der Waals surface area contributed by atoms with Crippen LogP contribution in [0.2, 0.25) is 0 Å². The van der Waals surface area contributed by atoms with E-state index < -0.39 is 22.2 Å². The lowest BCUT2D eigenvalue weighted by molar-refractivity contribution is -0.137. The third-order valence-electron chi connectivity index (χ3n) is 21.8. The average molecular weight is 1680 g/mol. The molecular formula is C105H117F3O3S6+6. The molecule has 0 aliphatic carbocycles.